The van der Waals surface area contributed by atoms with Gasteiger partial charge in [0, 0.05) is 23.9 Å². The zero-order valence-electron chi connectivity index (χ0n) is 14.7. The van der Waals surface area contributed by atoms with Gasteiger partial charge in [-0.05, 0) is 38.6 Å². The lowest BCUT2D eigenvalue weighted by Crippen LogP contribution is -2.64. The number of likely N-dealkylation sites (tertiary alicyclic amines) is 1. The van der Waals surface area contributed by atoms with E-state index >= 15 is 0 Å². The van der Waals surface area contributed by atoms with Gasteiger partial charge in [-0.15, -0.1) is 0 Å². The number of hydrogen-bond acceptors (Lipinski definition) is 5. The fraction of sp³-hybridized carbons (Fsp3) is 0.778. The number of oxazole rings is 1. The number of aliphatic hydroxyl groups is 1. The van der Waals surface area contributed by atoms with Crippen LogP contribution in [0.3, 0.4) is 0 Å². The van der Waals surface area contributed by atoms with Crippen LogP contribution in [0.15, 0.2) is 10.8 Å². The Morgan fingerprint density at radius 3 is 2.83 bits per heavy atom. The van der Waals surface area contributed by atoms with Crippen molar-refractivity contribution in [1.82, 2.24) is 15.2 Å². The molecule has 132 valence electrons. The number of nitrogens with zero attached hydrogens (tertiary/aromatic N) is 2. The predicted octanol–water partition coefficient (Wildman–Crippen LogP) is 1.76. The summed E-state index contributed by atoms with van der Waals surface area (Å²) in [5.41, 5.74) is 0.902. The largest absolute Gasteiger partial charge is 0.438 e. The molecule has 0 bridgehead atoms. The third-order valence-electron chi connectivity index (χ3n) is 6.09. The van der Waals surface area contributed by atoms with Gasteiger partial charge in [0.1, 0.15) is 0 Å². The van der Waals surface area contributed by atoms with Crippen molar-refractivity contribution in [2.75, 3.05) is 13.6 Å². The average molecular weight is 333 g/mol. The van der Waals surface area contributed by atoms with Gasteiger partial charge in [-0.25, -0.2) is 4.98 Å². The molecule has 6 nitrogen and oxygen atoms in total. The van der Waals surface area contributed by atoms with Crippen LogP contribution in [-0.2, 0) is 0 Å². The van der Waals surface area contributed by atoms with Crippen LogP contribution in [0, 0.1) is 11.3 Å². The maximum atomic E-state index is 12.6. The molecule has 2 aliphatic carbocycles. The summed E-state index contributed by atoms with van der Waals surface area (Å²) < 4.78 is 5.33. The summed E-state index contributed by atoms with van der Waals surface area (Å²) in [5.74, 6) is 1.01. The van der Waals surface area contributed by atoms with Crippen molar-refractivity contribution >= 4 is 5.91 Å². The highest BCUT2D eigenvalue weighted by molar-refractivity contribution is 5.93. The number of rotatable bonds is 4. The zero-order valence-corrected chi connectivity index (χ0v) is 14.7. The van der Waals surface area contributed by atoms with Gasteiger partial charge in [-0.2, -0.15) is 0 Å². The lowest BCUT2D eigenvalue weighted by molar-refractivity contribution is -0.0827. The molecule has 2 N–H and O–H groups in total. The molecule has 4 atom stereocenters. The van der Waals surface area contributed by atoms with E-state index < -0.39 is 6.10 Å². The van der Waals surface area contributed by atoms with Crippen LogP contribution >= 0.6 is 0 Å². The Morgan fingerprint density at radius 2 is 2.21 bits per heavy atom. The minimum atomic E-state index is -0.490. The van der Waals surface area contributed by atoms with Crippen molar-refractivity contribution < 1.29 is 14.3 Å². The highest BCUT2D eigenvalue weighted by atomic mass is 16.3. The number of carbonyl (C=O) groups is 1. The van der Waals surface area contributed by atoms with Crippen LogP contribution in [0.2, 0.25) is 0 Å². The number of aliphatic hydroxyl groups excluding tert-OH is 1. The lowest BCUT2D eigenvalue weighted by Gasteiger charge is -2.57. The number of nitrogens with one attached hydrogen (secondary N) is 1. The summed E-state index contributed by atoms with van der Waals surface area (Å²) in [6.07, 6.45) is 4.60. The normalized spacial score (nSPS) is 36.3. The summed E-state index contributed by atoms with van der Waals surface area (Å²) >= 11 is 0. The summed E-state index contributed by atoms with van der Waals surface area (Å²) in [6, 6.07) is 0.269. The minimum absolute atomic E-state index is 0.126. The van der Waals surface area contributed by atoms with E-state index in [4.69, 9.17) is 4.42 Å². The van der Waals surface area contributed by atoms with E-state index in [0.29, 0.717) is 23.6 Å². The molecule has 2 heterocycles. The van der Waals surface area contributed by atoms with Gasteiger partial charge in [-0.1, -0.05) is 13.8 Å². The molecule has 0 aromatic carbocycles. The standard InChI is InChI=1S/C18H27N3O3/c1-10(2)16-18(8-21(16)3)6-12(13(22)7-18)20-17(23)15-14(11-4-5-11)19-9-24-15/h9-13,16,22H,4-8H2,1-3H3,(H,20,23)/t12-,13-,16?,18?/m1/s1. The number of hydrogen-bond donors (Lipinski definition) is 2. The van der Waals surface area contributed by atoms with Crippen LogP contribution in [-0.4, -0.2) is 52.7 Å². The van der Waals surface area contributed by atoms with Crippen LogP contribution in [0.5, 0.6) is 0 Å². The summed E-state index contributed by atoms with van der Waals surface area (Å²) in [5, 5.41) is 13.5. The van der Waals surface area contributed by atoms with Gasteiger partial charge in [0.15, 0.2) is 6.39 Å². The monoisotopic (exact) mass is 333 g/mol. The van der Waals surface area contributed by atoms with Crippen molar-refractivity contribution in [2.24, 2.45) is 11.3 Å². The molecule has 1 amide bonds. The molecule has 3 aliphatic rings. The highest BCUT2D eigenvalue weighted by Gasteiger charge is 2.58. The molecule has 6 heteroatoms. The van der Waals surface area contributed by atoms with Crippen molar-refractivity contribution in [2.45, 2.75) is 63.6 Å². The van der Waals surface area contributed by atoms with Gasteiger partial charge in [0.2, 0.25) is 5.76 Å². The highest BCUT2D eigenvalue weighted by Crippen LogP contribution is 2.52. The Bertz CT molecular complexity index is 634. The fourth-order valence-electron chi connectivity index (χ4n) is 5.30. The first-order valence-electron chi connectivity index (χ1n) is 9.04. The summed E-state index contributed by atoms with van der Waals surface area (Å²) in [4.78, 5) is 19.2. The van der Waals surface area contributed by atoms with E-state index in [1.54, 1.807) is 0 Å². The van der Waals surface area contributed by atoms with E-state index in [1.165, 1.54) is 6.39 Å². The van der Waals surface area contributed by atoms with E-state index in [-0.39, 0.29) is 17.4 Å². The van der Waals surface area contributed by atoms with Gasteiger partial charge >= 0.3 is 0 Å². The Morgan fingerprint density at radius 1 is 1.46 bits per heavy atom. The Balaban J connectivity index is 1.45. The second-order valence-corrected chi connectivity index (χ2v) is 8.36. The van der Waals surface area contributed by atoms with Crippen molar-refractivity contribution in [1.29, 1.82) is 0 Å². The first-order valence-corrected chi connectivity index (χ1v) is 9.04. The molecule has 4 rings (SSSR count). The van der Waals surface area contributed by atoms with Crippen LogP contribution < -0.4 is 5.32 Å². The first-order chi connectivity index (χ1) is 11.4. The third kappa shape index (κ3) is 2.47. The molecule has 1 aromatic rings. The van der Waals surface area contributed by atoms with Crippen LogP contribution in [0.1, 0.15) is 61.7 Å². The molecule has 1 aliphatic heterocycles. The molecule has 1 aromatic heterocycles. The summed E-state index contributed by atoms with van der Waals surface area (Å²) in [6.45, 7) is 5.46. The zero-order chi connectivity index (χ0) is 17.1. The molecule has 3 fully saturated rings. The molecular weight excluding hydrogens is 306 g/mol. The van der Waals surface area contributed by atoms with Gasteiger partial charge < -0.3 is 19.7 Å². The van der Waals surface area contributed by atoms with E-state index in [0.717, 1.165) is 37.9 Å². The van der Waals surface area contributed by atoms with E-state index in [1.807, 2.05) is 0 Å². The molecule has 2 saturated carbocycles. The molecule has 2 unspecified atom stereocenters. The number of aromatic nitrogens is 1. The first kappa shape index (κ1) is 16.1. The topological polar surface area (TPSA) is 78.6 Å². The maximum absolute atomic E-state index is 12.6. The third-order valence-corrected chi connectivity index (χ3v) is 6.09. The smallest absolute Gasteiger partial charge is 0.289 e. The predicted molar refractivity (Wildman–Crippen MR) is 88.7 cm³/mol. The van der Waals surface area contributed by atoms with Gasteiger partial charge in [-0.3, -0.25) is 4.79 Å². The quantitative estimate of drug-likeness (QED) is 0.878. The molecule has 24 heavy (non-hydrogen) atoms. The average Bonchev–Trinajstić information content (AvgIpc) is 3.11. The van der Waals surface area contributed by atoms with Crippen molar-refractivity contribution in [3.63, 3.8) is 0 Å². The summed E-state index contributed by atoms with van der Waals surface area (Å²) in [7, 11) is 2.14. The molecule has 1 saturated heterocycles. The fourth-order valence-corrected chi connectivity index (χ4v) is 5.30. The van der Waals surface area contributed by atoms with E-state index in [9.17, 15) is 9.90 Å². The second kappa shape index (κ2) is 5.56. The number of carbonyl (C=O) groups excluding carboxylic acids is 1. The van der Waals surface area contributed by atoms with Crippen molar-refractivity contribution in [3.05, 3.63) is 17.8 Å². The maximum Gasteiger partial charge on any atom is 0.289 e. The SMILES string of the molecule is CC(C)C1N(C)CC12C[C@@H](O)[C@H](NC(=O)c1ocnc1C1CC1)C2. The lowest BCUT2D eigenvalue weighted by atomic mass is 9.66. The van der Waals surface area contributed by atoms with E-state index in [2.05, 4.69) is 36.1 Å². The Labute approximate surface area is 142 Å². The van der Waals surface area contributed by atoms with Gasteiger partial charge in [0.05, 0.1) is 17.8 Å². The molecular formula is C18H27N3O3. The Kier molecular flexibility index (Phi) is 3.73. The molecule has 0 radical (unpaired) electrons. The Hall–Kier alpha value is -1.40. The van der Waals surface area contributed by atoms with Crippen LogP contribution in [0.25, 0.3) is 0 Å². The molecule has 1 spiro atoms. The second-order valence-electron chi connectivity index (χ2n) is 8.36. The van der Waals surface area contributed by atoms with Gasteiger partial charge in [0.25, 0.3) is 5.91 Å². The van der Waals surface area contributed by atoms with Crippen molar-refractivity contribution in [3.8, 4) is 0 Å². The minimum Gasteiger partial charge on any atom is -0.438 e. The number of amides is 1. The van der Waals surface area contributed by atoms with Crippen LogP contribution in [0.4, 0.5) is 0 Å².